The van der Waals surface area contributed by atoms with E-state index in [1.54, 1.807) is 11.8 Å². The second kappa shape index (κ2) is 6.73. The summed E-state index contributed by atoms with van der Waals surface area (Å²) in [6.45, 7) is 6.17. The Morgan fingerprint density at radius 1 is 1.50 bits per heavy atom. The van der Waals surface area contributed by atoms with E-state index in [2.05, 4.69) is 16.5 Å². The molecule has 0 aromatic rings. The van der Waals surface area contributed by atoms with Gasteiger partial charge < -0.3 is 11.1 Å². The lowest BCUT2D eigenvalue weighted by molar-refractivity contribution is -0.122. The standard InChI is InChI=1S/C12H23N3OS2/c1-9(2)14-10(16)8-15-6-4-12(18-3,5-7-15)11(13)17/h9H,4-8H2,1-3H3,(H2,13,17)(H,14,16). The summed E-state index contributed by atoms with van der Waals surface area (Å²) < 4.78 is -0.0691. The number of thiocarbonyl (C=S) groups is 1. The summed E-state index contributed by atoms with van der Waals surface area (Å²) >= 11 is 6.91. The molecule has 0 aliphatic carbocycles. The lowest BCUT2D eigenvalue weighted by Gasteiger charge is -2.39. The van der Waals surface area contributed by atoms with E-state index in [-0.39, 0.29) is 16.7 Å². The Hall–Kier alpha value is -0.330. The fraction of sp³-hybridized carbons (Fsp3) is 0.833. The molecule has 0 bridgehead atoms. The van der Waals surface area contributed by atoms with Gasteiger partial charge in [-0.2, -0.15) is 11.8 Å². The van der Waals surface area contributed by atoms with E-state index in [9.17, 15) is 4.79 Å². The number of piperidine rings is 1. The van der Waals surface area contributed by atoms with Gasteiger partial charge in [-0.25, -0.2) is 0 Å². The van der Waals surface area contributed by atoms with Gasteiger partial charge in [0.05, 0.1) is 16.3 Å². The highest BCUT2D eigenvalue weighted by atomic mass is 32.2. The fourth-order valence-electron chi connectivity index (χ4n) is 2.19. The van der Waals surface area contributed by atoms with Crippen LogP contribution in [0.3, 0.4) is 0 Å². The minimum Gasteiger partial charge on any atom is -0.392 e. The molecular formula is C12H23N3OS2. The molecule has 104 valence electrons. The van der Waals surface area contributed by atoms with Crippen LogP contribution in [-0.2, 0) is 4.79 Å². The van der Waals surface area contributed by atoms with Gasteiger partial charge in [-0.15, -0.1) is 0 Å². The minimum atomic E-state index is -0.0691. The Morgan fingerprint density at radius 3 is 2.44 bits per heavy atom. The molecule has 0 aromatic carbocycles. The molecule has 0 unspecified atom stereocenters. The predicted molar refractivity (Wildman–Crippen MR) is 82.0 cm³/mol. The molecule has 1 saturated heterocycles. The number of rotatable bonds is 5. The van der Waals surface area contributed by atoms with Gasteiger partial charge in [0.2, 0.25) is 5.91 Å². The van der Waals surface area contributed by atoms with Crippen molar-refractivity contribution < 1.29 is 4.79 Å². The molecule has 0 aromatic heterocycles. The van der Waals surface area contributed by atoms with Crippen LogP contribution in [-0.4, -0.2) is 52.5 Å². The number of nitrogens with zero attached hydrogens (tertiary/aromatic N) is 1. The van der Waals surface area contributed by atoms with Gasteiger partial charge in [0.15, 0.2) is 0 Å². The van der Waals surface area contributed by atoms with Gasteiger partial charge in [0.1, 0.15) is 0 Å². The largest absolute Gasteiger partial charge is 0.392 e. The van der Waals surface area contributed by atoms with Crippen molar-refractivity contribution in [1.29, 1.82) is 0 Å². The molecule has 0 spiro atoms. The summed E-state index contributed by atoms with van der Waals surface area (Å²) in [5.74, 6) is 0.0944. The fourth-order valence-corrected chi connectivity index (χ4v) is 3.44. The number of likely N-dealkylation sites (tertiary alicyclic amines) is 1. The zero-order valence-electron chi connectivity index (χ0n) is 11.4. The Balaban J connectivity index is 2.44. The number of hydrogen-bond acceptors (Lipinski definition) is 4. The molecular weight excluding hydrogens is 266 g/mol. The van der Waals surface area contributed by atoms with E-state index in [0.717, 1.165) is 25.9 Å². The van der Waals surface area contributed by atoms with Crippen molar-refractivity contribution in [1.82, 2.24) is 10.2 Å². The van der Waals surface area contributed by atoms with Gasteiger partial charge in [-0.05, 0) is 32.9 Å². The van der Waals surface area contributed by atoms with Crippen molar-refractivity contribution in [3.8, 4) is 0 Å². The number of thioether (sulfide) groups is 1. The molecule has 3 N–H and O–H groups in total. The number of carbonyl (C=O) groups is 1. The van der Waals surface area contributed by atoms with Crippen LogP contribution in [0.2, 0.25) is 0 Å². The zero-order chi connectivity index (χ0) is 13.8. The molecule has 1 aliphatic heterocycles. The number of amides is 1. The normalized spacial score (nSPS) is 19.8. The summed E-state index contributed by atoms with van der Waals surface area (Å²) in [5.41, 5.74) is 5.84. The molecule has 1 aliphatic rings. The monoisotopic (exact) mass is 289 g/mol. The van der Waals surface area contributed by atoms with Gasteiger partial charge in [-0.1, -0.05) is 12.2 Å². The maximum atomic E-state index is 11.7. The van der Waals surface area contributed by atoms with Crippen molar-refractivity contribution in [2.45, 2.75) is 37.5 Å². The van der Waals surface area contributed by atoms with Crippen LogP contribution in [0.1, 0.15) is 26.7 Å². The first-order valence-electron chi connectivity index (χ1n) is 6.26. The third-order valence-electron chi connectivity index (χ3n) is 3.32. The average Bonchev–Trinajstić information content (AvgIpc) is 2.28. The molecule has 0 atom stereocenters. The van der Waals surface area contributed by atoms with Crippen molar-refractivity contribution in [2.75, 3.05) is 25.9 Å². The number of nitrogens with two attached hydrogens (primary N) is 1. The third kappa shape index (κ3) is 4.10. The van der Waals surface area contributed by atoms with Gasteiger partial charge >= 0.3 is 0 Å². The van der Waals surface area contributed by atoms with E-state index in [1.807, 2.05) is 13.8 Å². The molecule has 0 saturated carbocycles. The molecule has 1 amide bonds. The maximum Gasteiger partial charge on any atom is 0.234 e. The van der Waals surface area contributed by atoms with Crippen LogP contribution in [0.15, 0.2) is 0 Å². The molecule has 4 nitrogen and oxygen atoms in total. The van der Waals surface area contributed by atoms with Crippen molar-refractivity contribution in [3.05, 3.63) is 0 Å². The average molecular weight is 289 g/mol. The second-order valence-electron chi connectivity index (χ2n) is 5.06. The van der Waals surface area contributed by atoms with E-state index < -0.39 is 0 Å². The molecule has 1 rings (SSSR count). The van der Waals surface area contributed by atoms with Gasteiger partial charge in [0, 0.05) is 19.1 Å². The lowest BCUT2D eigenvalue weighted by atomic mass is 9.95. The van der Waals surface area contributed by atoms with Crippen molar-refractivity contribution in [2.24, 2.45) is 5.73 Å². The Morgan fingerprint density at radius 2 is 2.06 bits per heavy atom. The molecule has 1 fully saturated rings. The highest BCUT2D eigenvalue weighted by Gasteiger charge is 2.36. The van der Waals surface area contributed by atoms with Crippen LogP contribution in [0.25, 0.3) is 0 Å². The number of nitrogens with one attached hydrogen (secondary N) is 1. The summed E-state index contributed by atoms with van der Waals surface area (Å²) in [6.07, 6.45) is 3.91. The minimum absolute atomic E-state index is 0.0691. The van der Waals surface area contributed by atoms with Crippen molar-refractivity contribution >= 4 is 34.9 Å². The summed E-state index contributed by atoms with van der Waals surface area (Å²) in [5, 5.41) is 2.91. The summed E-state index contributed by atoms with van der Waals surface area (Å²) in [6, 6.07) is 0.198. The summed E-state index contributed by atoms with van der Waals surface area (Å²) in [7, 11) is 0. The second-order valence-corrected chi connectivity index (χ2v) is 6.69. The highest BCUT2D eigenvalue weighted by Crippen LogP contribution is 2.34. The molecule has 6 heteroatoms. The van der Waals surface area contributed by atoms with Crippen LogP contribution < -0.4 is 11.1 Å². The van der Waals surface area contributed by atoms with Gasteiger partial charge in [-0.3, -0.25) is 9.69 Å². The molecule has 18 heavy (non-hydrogen) atoms. The maximum absolute atomic E-state index is 11.7. The molecule has 1 heterocycles. The predicted octanol–water partition coefficient (Wildman–Crippen LogP) is 0.995. The van der Waals surface area contributed by atoms with E-state index in [4.69, 9.17) is 18.0 Å². The van der Waals surface area contributed by atoms with E-state index >= 15 is 0 Å². The first-order chi connectivity index (χ1) is 8.39. The van der Waals surface area contributed by atoms with Crippen LogP contribution in [0, 0.1) is 0 Å². The van der Waals surface area contributed by atoms with E-state index in [0.29, 0.717) is 11.5 Å². The molecule has 0 radical (unpaired) electrons. The highest BCUT2D eigenvalue weighted by molar-refractivity contribution is 8.02. The van der Waals surface area contributed by atoms with E-state index in [1.165, 1.54) is 0 Å². The summed E-state index contributed by atoms with van der Waals surface area (Å²) in [4.78, 5) is 14.4. The Kier molecular flexibility index (Phi) is 5.88. The quantitative estimate of drug-likeness (QED) is 0.739. The first-order valence-corrected chi connectivity index (χ1v) is 7.90. The van der Waals surface area contributed by atoms with Crippen LogP contribution >= 0.6 is 24.0 Å². The first kappa shape index (κ1) is 15.7. The van der Waals surface area contributed by atoms with Crippen molar-refractivity contribution in [3.63, 3.8) is 0 Å². The number of hydrogen-bond donors (Lipinski definition) is 2. The SMILES string of the molecule is CSC1(C(N)=S)CCN(CC(=O)NC(C)C)CC1. The lowest BCUT2D eigenvalue weighted by Crippen LogP contribution is -2.51. The number of carbonyl (C=O) groups excluding carboxylic acids is 1. The van der Waals surface area contributed by atoms with Gasteiger partial charge in [0.25, 0.3) is 0 Å². The van der Waals surface area contributed by atoms with Crippen LogP contribution in [0.5, 0.6) is 0 Å². The zero-order valence-corrected chi connectivity index (χ0v) is 13.0. The Bertz CT molecular complexity index is 312. The topological polar surface area (TPSA) is 58.4 Å². The Labute approximate surface area is 119 Å². The third-order valence-corrected chi connectivity index (χ3v) is 5.25. The smallest absolute Gasteiger partial charge is 0.234 e. The van der Waals surface area contributed by atoms with Crippen LogP contribution in [0.4, 0.5) is 0 Å².